The zero-order valence-electron chi connectivity index (χ0n) is 18.3. The van der Waals surface area contributed by atoms with E-state index in [9.17, 15) is 9.59 Å². The van der Waals surface area contributed by atoms with Gasteiger partial charge in [-0.05, 0) is 56.0 Å². The van der Waals surface area contributed by atoms with Crippen LogP contribution in [0.1, 0.15) is 37.5 Å². The number of para-hydroxylation sites is 1. The van der Waals surface area contributed by atoms with Gasteiger partial charge in [-0.15, -0.1) is 0 Å². The summed E-state index contributed by atoms with van der Waals surface area (Å²) in [6, 6.07) is 13.1. The van der Waals surface area contributed by atoms with Crippen molar-refractivity contribution in [3.63, 3.8) is 0 Å². The Balaban J connectivity index is 1.61. The molecule has 2 aliphatic heterocycles. The maximum absolute atomic E-state index is 13.1. The number of hydrogen-bond acceptors (Lipinski definition) is 5. The Hall–Kier alpha value is -2.93. The lowest BCUT2D eigenvalue weighted by Gasteiger charge is -2.27. The molecule has 0 aromatic heterocycles. The molecular weight excluding hydrogens is 408 g/mol. The Morgan fingerprint density at radius 1 is 1.10 bits per heavy atom. The summed E-state index contributed by atoms with van der Waals surface area (Å²) in [6.07, 6.45) is 0. The minimum absolute atomic E-state index is 0.0778. The molecule has 160 valence electrons. The van der Waals surface area contributed by atoms with Crippen LogP contribution in [0.15, 0.2) is 52.4 Å². The molecule has 2 unspecified atom stereocenters. The molecule has 0 radical (unpaired) electrons. The number of aryl methyl sites for hydroxylation is 1. The lowest BCUT2D eigenvalue weighted by Crippen LogP contribution is -2.43. The van der Waals surface area contributed by atoms with Crippen LogP contribution in [0.2, 0.25) is 0 Å². The Morgan fingerprint density at radius 3 is 2.58 bits per heavy atom. The van der Waals surface area contributed by atoms with E-state index in [4.69, 9.17) is 9.98 Å². The van der Waals surface area contributed by atoms with E-state index in [0.717, 1.165) is 28.1 Å². The highest BCUT2D eigenvalue weighted by Gasteiger charge is 2.43. The smallest absolute Gasteiger partial charge is 0.259 e. The van der Waals surface area contributed by atoms with E-state index in [1.165, 1.54) is 11.8 Å². The number of fused-ring (bicyclic) bond motifs is 3. The molecule has 1 N–H and O–H groups in total. The number of thioether (sulfide) groups is 1. The van der Waals surface area contributed by atoms with Gasteiger partial charge >= 0.3 is 0 Å². The molecule has 2 heterocycles. The van der Waals surface area contributed by atoms with Gasteiger partial charge in [0, 0.05) is 11.3 Å². The van der Waals surface area contributed by atoms with Gasteiger partial charge in [-0.1, -0.05) is 49.9 Å². The van der Waals surface area contributed by atoms with Crippen molar-refractivity contribution in [1.29, 1.82) is 0 Å². The number of amides is 2. The lowest BCUT2D eigenvalue weighted by atomic mass is 10.1. The van der Waals surface area contributed by atoms with E-state index >= 15 is 0 Å². The summed E-state index contributed by atoms with van der Waals surface area (Å²) in [6.45, 7) is 9.80. The first kappa shape index (κ1) is 21.3. The summed E-state index contributed by atoms with van der Waals surface area (Å²) < 4.78 is 0. The van der Waals surface area contributed by atoms with Crippen LogP contribution >= 0.6 is 11.8 Å². The largest absolute Gasteiger partial charge is 0.325 e. The van der Waals surface area contributed by atoms with Crippen LogP contribution in [0.5, 0.6) is 0 Å². The number of benzene rings is 2. The third-order valence-electron chi connectivity index (χ3n) is 5.64. The van der Waals surface area contributed by atoms with E-state index in [1.54, 1.807) is 4.90 Å². The summed E-state index contributed by atoms with van der Waals surface area (Å²) in [5, 5.41) is 3.06. The molecule has 2 aliphatic rings. The SMILES string of the molecule is Cc1cccc(NC(=O)C(C)SC2=Nc3ccccc3C3=NC(C(C)C)C(=O)N23)c1C. The first-order chi connectivity index (χ1) is 14.8. The molecule has 0 bridgehead atoms. The van der Waals surface area contributed by atoms with Gasteiger partial charge in [0.2, 0.25) is 5.91 Å². The Bertz CT molecular complexity index is 1120. The second-order valence-corrected chi connectivity index (χ2v) is 9.53. The van der Waals surface area contributed by atoms with Crippen molar-refractivity contribution in [3.05, 3.63) is 59.2 Å². The minimum atomic E-state index is -0.448. The van der Waals surface area contributed by atoms with Crippen molar-refractivity contribution in [2.45, 2.75) is 45.9 Å². The fraction of sp³-hybridized carbons (Fsp3) is 0.333. The van der Waals surface area contributed by atoms with Crippen molar-refractivity contribution in [2.75, 3.05) is 5.32 Å². The topological polar surface area (TPSA) is 74.1 Å². The third-order valence-corrected chi connectivity index (χ3v) is 6.70. The maximum Gasteiger partial charge on any atom is 0.259 e. The number of amidine groups is 2. The number of aliphatic imine (C=N–C) groups is 2. The Morgan fingerprint density at radius 2 is 1.84 bits per heavy atom. The molecule has 2 aromatic carbocycles. The van der Waals surface area contributed by atoms with Gasteiger partial charge in [0.25, 0.3) is 5.91 Å². The highest BCUT2D eigenvalue weighted by molar-refractivity contribution is 8.15. The summed E-state index contributed by atoms with van der Waals surface area (Å²) in [7, 11) is 0. The molecule has 7 heteroatoms. The van der Waals surface area contributed by atoms with E-state index < -0.39 is 11.3 Å². The number of carbonyl (C=O) groups is 2. The van der Waals surface area contributed by atoms with Crippen molar-refractivity contribution in [1.82, 2.24) is 4.90 Å². The Kier molecular flexibility index (Phi) is 5.71. The summed E-state index contributed by atoms with van der Waals surface area (Å²) >= 11 is 1.28. The van der Waals surface area contributed by atoms with Crippen LogP contribution in [0, 0.1) is 19.8 Å². The number of nitrogens with zero attached hydrogens (tertiary/aromatic N) is 3. The second kappa shape index (κ2) is 8.30. The number of hydrogen-bond donors (Lipinski definition) is 1. The van der Waals surface area contributed by atoms with E-state index in [1.807, 2.05) is 77.1 Å². The molecule has 6 nitrogen and oxygen atoms in total. The number of nitrogens with one attached hydrogen (secondary N) is 1. The maximum atomic E-state index is 13.1. The van der Waals surface area contributed by atoms with E-state index in [2.05, 4.69) is 5.32 Å². The molecule has 0 aliphatic carbocycles. The number of rotatable bonds is 4. The zero-order chi connectivity index (χ0) is 22.3. The molecule has 2 aromatic rings. The zero-order valence-corrected chi connectivity index (χ0v) is 19.2. The predicted octanol–water partition coefficient (Wildman–Crippen LogP) is 4.68. The highest BCUT2D eigenvalue weighted by Crippen LogP contribution is 2.36. The third kappa shape index (κ3) is 3.90. The molecule has 0 spiro atoms. The van der Waals surface area contributed by atoms with Crippen molar-refractivity contribution < 1.29 is 9.59 Å². The molecule has 0 saturated carbocycles. The van der Waals surface area contributed by atoms with Crippen molar-refractivity contribution >= 4 is 46.0 Å². The summed E-state index contributed by atoms with van der Waals surface area (Å²) in [4.78, 5) is 37.1. The molecular formula is C24H26N4O2S. The average Bonchev–Trinajstić information content (AvgIpc) is 3.09. The normalized spacial score (nSPS) is 18.3. The van der Waals surface area contributed by atoms with Crippen molar-refractivity contribution in [2.24, 2.45) is 15.9 Å². The summed E-state index contributed by atoms with van der Waals surface area (Å²) in [5.74, 6) is 0.478. The Labute approximate surface area is 186 Å². The van der Waals surface area contributed by atoms with Gasteiger partial charge in [0.05, 0.1) is 10.9 Å². The van der Waals surface area contributed by atoms with Gasteiger partial charge in [0.1, 0.15) is 11.9 Å². The molecule has 31 heavy (non-hydrogen) atoms. The van der Waals surface area contributed by atoms with Crippen LogP contribution < -0.4 is 5.32 Å². The molecule has 2 amide bonds. The van der Waals surface area contributed by atoms with Gasteiger partial charge in [0.15, 0.2) is 5.17 Å². The molecule has 2 atom stereocenters. The van der Waals surface area contributed by atoms with Gasteiger partial charge in [-0.2, -0.15) is 0 Å². The second-order valence-electron chi connectivity index (χ2n) is 8.22. The van der Waals surface area contributed by atoms with Gasteiger partial charge < -0.3 is 5.32 Å². The standard InChI is InChI=1S/C24H26N4O2S/c1-13(2)20-23(30)28-21(27-20)17-10-6-7-11-19(17)26-24(28)31-16(5)22(29)25-18-12-8-9-14(3)15(18)4/h6-13,16,20H,1-5H3,(H,25,29). The monoisotopic (exact) mass is 434 g/mol. The highest BCUT2D eigenvalue weighted by atomic mass is 32.2. The fourth-order valence-electron chi connectivity index (χ4n) is 3.62. The molecule has 4 rings (SSSR count). The van der Waals surface area contributed by atoms with Crippen LogP contribution in [0.4, 0.5) is 11.4 Å². The van der Waals surface area contributed by atoms with Crippen LogP contribution in [0.25, 0.3) is 0 Å². The first-order valence-electron chi connectivity index (χ1n) is 10.4. The molecule has 0 fully saturated rings. The number of carbonyl (C=O) groups excluding carboxylic acids is 2. The minimum Gasteiger partial charge on any atom is -0.325 e. The average molecular weight is 435 g/mol. The van der Waals surface area contributed by atoms with E-state index in [0.29, 0.717) is 11.0 Å². The first-order valence-corrected chi connectivity index (χ1v) is 11.3. The molecule has 0 saturated heterocycles. The van der Waals surface area contributed by atoms with Gasteiger partial charge in [-0.3, -0.25) is 14.6 Å². The van der Waals surface area contributed by atoms with Gasteiger partial charge in [-0.25, -0.2) is 9.89 Å². The predicted molar refractivity (Wildman–Crippen MR) is 127 cm³/mol. The van der Waals surface area contributed by atoms with Crippen LogP contribution in [0.3, 0.4) is 0 Å². The lowest BCUT2D eigenvalue weighted by molar-refractivity contribution is -0.125. The van der Waals surface area contributed by atoms with Crippen LogP contribution in [-0.2, 0) is 9.59 Å². The summed E-state index contributed by atoms with van der Waals surface area (Å²) in [5.41, 5.74) is 4.57. The van der Waals surface area contributed by atoms with E-state index in [-0.39, 0.29) is 17.7 Å². The van der Waals surface area contributed by atoms with Crippen LogP contribution in [-0.4, -0.2) is 39.0 Å². The van der Waals surface area contributed by atoms with Crippen molar-refractivity contribution in [3.8, 4) is 0 Å². The number of anilines is 1. The quantitative estimate of drug-likeness (QED) is 0.759. The fourth-order valence-corrected chi connectivity index (χ4v) is 4.53.